The second kappa shape index (κ2) is 3.98. The SMILES string of the molecule is Cc1cc(NC(=O)C2CC3CC3C2)cnc1Cl. The lowest BCUT2D eigenvalue weighted by Crippen LogP contribution is -2.21. The van der Waals surface area contributed by atoms with E-state index in [1.165, 1.54) is 6.42 Å². The average molecular weight is 251 g/mol. The van der Waals surface area contributed by atoms with Crippen LogP contribution in [0.2, 0.25) is 5.15 Å². The van der Waals surface area contributed by atoms with E-state index in [2.05, 4.69) is 10.3 Å². The smallest absolute Gasteiger partial charge is 0.227 e. The molecule has 17 heavy (non-hydrogen) atoms. The predicted molar refractivity (Wildman–Crippen MR) is 66.9 cm³/mol. The second-order valence-electron chi connectivity index (χ2n) is 5.25. The monoisotopic (exact) mass is 250 g/mol. The van der Waals surface area contributed by atoms with Gasteiger partial charge in [0.15, 0.2) is 0 Å². The van der Waals surface area contributed by atoms with Gasteiger partial charge in [0, 0.05) is 5.92 Å². The summed E-state index contributed by atoms with van der Waals surface area (Å²) in [5.74, 6) is 2.00. The first-order valence-electron chi connectivity index (χ1n) is 6.06. The molecule has 2 atom stereocenters. The van der Waals surface area contributed by atoms with Gasteiger partial charge in [0.05, 0.1) is 11.9 Å². The molecule has 1 heterocycles. The van der Waals surface area contributed by atoms with E-state index in [-0.39, 0.29) is 11.8 Å². The number of pyridine rings is 1. The molecular weight excluding hydrogens is 236 g/mol. The Balaban J connectivity index is 1.65. The Kier molecular flexibility index (Phi) is 2.58. The number of hydrogen-bond acceptors (Lipinski definition) is 2. The number of carbonyl (C=O) groups excluding carboxylic acids is 1. The maximum Gasteiger partial charge on any atom is 0.227 e. The Labute approximate surface area is 106 Å². The third-order valence-electron chi connectivity index (χ3n) is 3.90. The Bertz CT molecular complexity index is 464. The van der Waals surface area contributed by atoms with Crippen molar-refractivity contribution in [1.82, 2.24) is 4.98 Å². The Morgan fingerprint density at radius 3 is 2.76 bits per heavy atom. The van der Waals surface area contributed by atoms with Crippen molar-refractivity contribution >= 4 is 23.2 Å². The van der Waals surface area contributed by atoms with Crippen LogP contribution in [0, 0.1) is 24.7 Å². The van der Waals surface area contributed by atoms with Gasteiger partial charge in [-0.1, -0.05) is 11.6 Å². The van der Waals surface area contributed by atoms with Gasteiger partial charge in [-0.2, -0.15) is 0 Å². The number of fused-ring (bicyclic) bond motifs is 1. The molecule has 3 rings (SSSR count). The van der Waals surface area contributed by atoms with Crippen molar-refractivity contribution in [2.75, 3.05) is 5.32 Å². The molecule has 2 saturated carbocycles. The molecule has 3 nitrogen and oxygen atoms in total. The Hall–Kier alpha value is -1.09. The average Bonchev–Trinajstić information content (AvgIpc) is 2.91. The number of anilines is 1. The van der Waals surface area contributed by atoms with Crippen molar-refractivity contribution in [3.8, 4) is 0 Å². The summed E-state index contributed by atoms with van der Waals surface area (Å²) in [6, 6.07) is 1.86. The minimum absolute atomic E-state index is 0.140. The molecule has 90 valence electrons. The van der Waals surface area contributed by atoms with Gasteiger partial charge in [0.25, 0.3) is 0 Å². The number of halogens is 1. The number of nitrogens with one attached hydrogen (secondary N) is 1. The van der Waals surface area contributed by atoms with Crippen molar-refractivity contribution in [3.05, 3.63) is 23.0 Å². The summed E-state index contributed by atoms with van der Waals surface area (Å²) in [5, 5.41) is 3.42. The molecule has 4 heteroatoms. The number of aryl methyl sites for hydroxylation is 1. The standard InChI is InChI=1S/C13H15ClN2O/c1-7-2-11(6-15-12(7)14)16-13(17)10-4-8-3-9(8)5-10/h2,6,8-10H,3-5H2,1H3,(H,16,17). The maximum absolute atomic E-state index is 12.0. The maximum atomic E-state index is 12.0. The summed E-state index contributed by atoms with van der Waals surface area (Å²) in [6.07, 6.45) is 5.08. The van der Waals surface area contributed by atoms with Gasteiger partial charge in [-0.05, 0) is 49.7 Å². The molecule has 2 unspecified atom stereocenters. The van der Waals surface area contributed by atoms with Crippen molar-refractivity contribution in [1.29, 1.82) is 0 Å². The minimum Gasteiger partial charge on any atom is -0.324 e. The molecule has 2 aliphatic carbocycles. The Morgan fingerprint density at radius 2 is 2.12 bits per heavy atom. The molecule has 1 N–H and O–H groups in total. The summed E-state index contributed by atoms with van der Waals surface area (Å²) >= 11 is 5.85. The largest absolute Gasteiger partial charge is 0.324 e. The van der Waals surface area contributed by atoms with Gasteiger partial charge in [0.1, 0.15) is 5.15 Å². The molecule has 1 aromatic heterocycles. The first kappa shape index (κ1) is 11.0. The van der Waals surface area contributed by atoms with Crippen LogP contribution in [0.1, 0.15) is 24.8 Å². The molecule has 1 aromatic rings. The minimum atomic E-state index is 0.140. The van der Waals surface area contributed by atoms with E-state index < -0.39 is 0 Å². The van der Waals surface area contributed by atoms with E-state index in [4.69, 9.17) is 11.6 Å². The normalized spacial score (nSPS) is 29.9. The van der Waals surface area contributed by atoms with Gasteiger partial charge >= 0.3 is 0 Å². The highest BCUT2D eigenvalue weighted by molar-refractivity contribution is 6.30. The van der Waals surface area contributed by atoms with Crippen LogP contribution < -0.4 is 5.32 Å². The van der Waals surface area contributed by atoms with Crippen LogP contribution in [0.4, 0.5) is 5.69 Å². The van der Waals surface area contributed by atoms with Gasteiger partial charge < -0.3 is 5.32 Å². The molecule has 0 saturated heterocycles. The lowest BCUT2D eigenvalue weighted by Gasteiger charge is -2.12. The first-order chi connectivity index (χ1) is 8.13. The fraction of sp³-hybridized carbons (Fsp3) is 0.538. The number of aromatic nitrogens is 1. The molecule has 0 aliphatic heterocycles. The van der Waals surface area contributed by atoms with Crippen LogP contribution in [0.25, 0.3) is 0 Å². The third-order valence-corrected chi connectivity index (χ3v) is 4.29. The highest BCUT2D eigenvalue weighted by atomic mass is 35.5. The van der Waals surface area contributed by atoms with Gasteiger partial charge in [-0.25, -0.2) is 4.98 Å². The van der Waals surface area contributed by atoms with E-state index in [1.54, 1.807) is 6.20 Å². The number of nitrogens with zero attached hydrogens (tertiary/aromatic N) is 1. The van der Waals surface area contributed by atoms with Crippen LogP contribution in [0.5, 0.6) is 0 Å². The molecule has 2 fully saturated rings. The van der Waals surface area contributed by atoms with E-state index in [1.807, 2.05) is 13.0 Å². The van der Waals surface area contributed by atoms with Gasteiger partial charge in [0.2, 0.25) is 5.91 Å². The van der Waals surface area contributed by atoms with E-state index in [9.17, 15) is 4.79 Å². The topological polar surface area (TPSA) is 42.0 Å². The number of rotatable bonds is 2. The summed E-state index contributed by atoms with van der Waals surface area (Å²) in [5.41, 5.74) is 1.64. The molecular formula is C13H15ClN2O. The fourth-order valence-electron chi connectivity index (χ4n) is 2.80. The van der Waals surface area contributed by atoms with Crippen LogP contribution in [-0.4, -0.2) is 10.9 Å². The van der Waals surface area contributed by atoms with Gasteiger partial charge in [-0.15, -0.1) is 0 Å². The summed E-state index contributed by atoms with van der Waals surface area (Å²) in [4.78, 5) is 16.0. The number of amides is 1. The highest BCUT2D eigenvalue weighted by Crippen LogP contribution is 2.54. The van der Waals surface area contributed by atoms with E-state index >= 15 is 0 Å². The summed E-state index contributed by atoms with van der Waals surface area (Å²) < 4.78 is 0. The quantitative estimate of drug-likeness (QED) is 0.820. The third kappa shape index (κ3) is 2.16. The lowest BCUT2D eigenvalue weighted by atomic mass is 10.0. The lowest BCUT2D eigenvalue weighted by molar-refractivity contribution is -0.120. The molecule has 0 spiro atoms. The van der Waals surface area contributed by atoms with E-state index in [0.29, 0.717) is 5.15 Å². The highest BCUT2D eigenvalue weighted by Gasteiger charge is 2.47. The van der Waals surface area contributed by atoms with E-state index in [0.717, 1.165) is 35.9 Å². The zero-order chi connectivity index (χ0) is 12.0. The number of hydrogen-bond donors (Lipinski definition) is 1. The van der Waals surface area contributed by atoms with Crippen LogP contribution in [0.15, 0.2) is 12.3 Å². The van der Waals surface area contributed by atoms with Crippen molar-refractivity contribution in [2.45, 2.75) is 26.2 Å². The predicted octanol–water partition coefficient (Wildman–Crippen LogP) is 3.03. The van der Waals surface area contributed by atoms with Crippen molar-refractivity contribution < 1.29 is 4.79 Å². The van der Waals surface area contributed by atoms with Crippen LogP contribution in [-0.2, 0) is 4.79 Å². The first-order valence-corrected chi connectivity index (χ1v) is 6.44. The molecule has 0 aromatic carbocycles. The molecule has 0 bridgehead atoms. The Morgan fingerprint density at radius 1 is 1.41 bits per heavy atom. The zero-order valence-corrected chi connectivity index (χ0v) is 10.5. The van der Waals surface area contributed by atoms with Crippen molar-refractivity contribution in [3.63, 3.8) is 0 Å². The van der Waals surface area contributed by atoms with Crippen LogP contribution >= 0.6 is 11.6 Å². The van der Waals surface area contributed by atoms with Gasteiger partial charge in [-0.3, -0.25) is 4.79 Å². The summed E-state index contributed by atoms with van der Waals surface area (Å²) in [7, 11) is 0. The van der Waals surface area contributed by atoms with Crippen molar-refractivity contribution in [2.24, 2.45) is 17.8 Å². The zero-order valence-electron chi connectivity index (χ0n) is 9.74. The molecule has 2 aliphatic rings. The fourth-order valence-corrected chi connectivity index (χ4v) is 2.90. The second-order valence-corrected chi connectivity index (χ2v) is 5.60. The summed E-state index contributed by atoms with van der Waals surface area (Å²) in [6.45, 7) is 1.88. The molecule has 1 amide bonds. The van der Waals surface area contributed by atoms with Crippen LogP contribution in [0.3, 0.4) is 0 Å². The molecule has 0 radical (unpaired) electrons. The number of carbonyl (C=O) groups is 1.